The lowest BCUT2D eigenvalue weighted by Gasteiger charge is -2.37. The van der Waals surface area contributed by atoms with Crippen LogP contribution in [-0.4, -0.2) is 52.6 Å². The maximum absolute atomic E-state index is 6.25. The van der Waals surface area contributed by atoms with E-state index >= 15 is 0 Å². The molecule has 2 N–H and O–H groups in total. The lowest BCUT2D eigenvalue weighted by Crippen LogP contribution is -2.53. The first-order valence-electron chi connectivity index (χ1n) is 6.66. The van der Waals surface area contributed by atoms with Crippen LogP contribution in [0.5, 0.6) is 0 Å². The van der Waals surface area contributed by atoms with Gasteiger partial charge in [0.25, 0.3) is 0 Å². The number of nitrogens with two attached hydrogens (primary N) is 1. The standard InChI is InChI=1S/C13H24N4O/c1-10(2)17-6-7-18-13(9-17)12(14)8-11-4-5-16(3)15-11/h4-5,10,12-13H,6-9,14H2,1-3H3. The van der Waals surface area contributed by atoms with E-state index in [9.17, 15) is 0 Å². The van der Waals surface area contributed by atoms with E-state index in [1.807, 2.05) is 24.0 Å². The summed E-state index contributed by atoms with van der Waals surface area (Å²) in [5.74, 6) is 0. The van der Waals surface area contributed by atoms with Crippen LogP contribution >= 0.6 is 0 Å². The highest BCUT2D eigenvalue weighted by Crippen LogP contribution is 2.13. The molecule has 2 rings (SSSR count). The smallest absolute Gasteiger partial charge is 0.0857 e. The predicted octanol–water partition coefficient (Wildman–Crippen LogP) is 0.399. The van der Waals surface area contributed by atoms with Gasteiger partial charge in [0.1, 0.15) is 0 Å². The van der Waals surface area contributed by atoms with Crippen LogP contribution in [0.1, 0.15) is 19.5 Å². The zero-order valence-corrected chi connectivity index (χ0v) is 11.5. The molecule has 18 heavy (non-hydrogen) atoms. The van der Waals surface area contributed by atoms with Gasteiger partial charge in [-0.15, -0.1) is 0 Å². The highest BCUT2D eigenvalue weighted by Gasteiger charge is 2.27. The van der Waals surface area contributed by atoms with Gasteiger partial charge in [0.05, 0.1) is 18.4 Å². The topological polar surface area (TPSA) is 56.3 Å². The van der Waals surface area contributed by atoms with Gasteiger partial charge < -0.3 is 10.5 Å². The van der Waals surface area contributed by atoms with Gasteiger partial charge in [0.2, 0.25) is 0 Å². The van der Waals surface area contributed by atoms with E-state index in [1.54, 1.807) is 0 Å². The van der Waals surface area contributed by atoms with Gasteiger partial charge in [-0.3, -0.25) is 9.58 Å². The molecule has 0 radical (unpaired) electrons. The third-order valence-electron chi connectivity index (χ3n) is 3.55. The molecule has 0 aromatic carbocycles. The van der Waals surface area contributed by atoms with E-state index < -0.39 is 0 Å². The molecule has 0 saturated carbocycles. The first-order chi connectivity index (χ1) is 8.56. The van der Waals surface area contributed by atoms with Gasteiger partial charge in [-0.1, -0.05) is 0 Å². The van der Waals surface area contributed by atoms with Gasteiger partial charge >= 0.3 is 0 Å². The second kappa shape index (κ2) is 5.82. The number of aromatic nitrogens is 2. The molecule has 0 bridgehead atoms. The molecule has 1 aliphatic heterocycles. The van der Waals surface area contributed by atoms with Crippen molar-refractivity contribution in [1.82, 2.24) is 14.7 Å². The average molecular weight is 252 g/mol. The monoisotopic (exact) mass is 252 g/mol. The number of nitrogens with zero attached hydrogens (tertiary/aromatic N) is 3. The molecule has 1 saturated heterocycles. The lowest BCUT2D eigenvalue weighted by atomic mass is 10.0. The largest absolute Gasteiger partial charge is 0.374 e. The summed E-state index contributed by atoms with van der Waals surface area (Å²) in [7, 11) is 1.92. The van der Waals surface area contributed by atoms with Crippen LogP contribution < -0.4 is 5.73 Å². The predicted molar refractivity (Wildman–Crippen MR) is 71.3 cm³/mol. The van der Waals surface area contributed by atoms with Gasteiger partial charge in [-0.05, 0) is 19.9 Å². The van der Waals surface area contributed by atoms with Gasteiger partial charge in [-0.2, -0.15) is 5.10 Å². The lowest BCUT2D eigenvalue weighted by molar-refractivity contribution is -0.0496. The third-order valence-corrected chi connectivity index (χ3v) is 3.55. The van der Waals surface area contributed by atoms with Crippen molar-refractivity contribution in [3.05, 3.63) is 18.0 Å². The molecule has 1 fully saturated rings. The molecule has 2 heterocycles. The van der Waals surface area contributed by atoms with E-state index in [0.29, 0.717) is 6.04 Å². The summed E-state index contributed by atoms with van der Waals surface area (Å²) in [6.07, 6.45) is 2.84. The van der Waals surface area contributed by atoms with E-state index in [2.05, 4.69) is 23.8 Å². The van der Waals surface area contributed by atoms with Crippen LogP contribution in [0, 0.1) is 0 Å². The molecule has 0 aliphatic carbocycles. The van der Waals surface area contributed by atoms with Gasteiger partial charge in [-0.25, -0.2) is 0 Å². The van der Waals surface area contributed by atoms with Crippen molar-refractivity contribution < 1.29 is 4.74 Å². The Morgan fingerprint density at radius 3 is 2.94 bits per heavy atom. The molecule has 0 amide bonds. The van der Waals surface area contributed by atoms with Crippen molar-refractivity contribution in [3.8, 4) is 0 Å². The van der Waals surface area contributed by atoms with E-state index in [4.69, 9.17) is 10.5 Å². The molecule has 102 valence electrons. The Bertz CT molecular complexity index is 377. The van der Waals surface area contributed by atoms with Gasteiger partial charge in [0, 0.05) is 44.8 Å². The molecule has 1 aromatic heterocycles. The molecule has 1 aliphatic rings. The van der Waals surface area contributed by atoms with Crippen LogP contribution in [-0.2, 0) is 18.2 Å². The van der Waals surface area contributed by atoms with Crippen LogP contribution in [0.25, 0.3) is 0 Å². The Morgan fingerprint density at radius 1 is 1.56 bits per heavy atom. The first kappa shape index (κ1) is 13.5. The van der Waals surface area contributed by atoms with Crippen molar-refractivity contribution >= 4 is 0 Å². The van der Waals surface area contributed by atoms with E-state index in [1.165, 1.54) is 0 Å². The summed E-state index contributed by atoms with van der Waals surface area (Å²) in [5.41, 5.74) is 7.29. The fourth-order valence-corrected chi connectivity index (χ4v) is 2.37. The fourth-order valence-electron chi connectivity index (χ4n) is 2.37. The summed E-state index contributed by atoms with van der Waals surface area (Å²) in [5, 5.41) is 4.37. The number of morpholine rings is 1. The Labute approximate surface area is 109 Å². The van der Waals surface area contributed by atoms with Crippen LogP contribution in [0.2, 0.25) is 0 Å². The molecular weight excluding hydrogens is 228 g/mol. The molecule has 2 atom stereocenters. The number of hydrogen-bond acceptors (Lipinski definition) is 4. The summed E-state index contributed by atoms with van der Waals surface area (Å²) in [6.45, 7) is 7.13. The Hall–Kier alpha value is -0.910. The fraction of sp³-hybridized carbons (Fsp3) is 0.769. The summed E-state index contributed by atoms with van der Waals surface area (Å²) >= 11 is 0. The average Bonchev–Trinajstić information content (AvgIpc) is 2.75. The second-order valence-electron chi connectivity index (χ2n) is 5.35. The SMILES string of the molecule is CC(C)N1CCOC(C(N)Cc2ccn(C)n2)C1. The molecule has 1 aromatic rings. The minimum absolute atomic E-state index is 0.0152. The van der Waals surface area contributed by atoms with Crippen molar-refractivity contribution in [2.45, 2.75) is 38.5 Å². The number of ether oxygens (including phenoxy) is 1. The summed E-state index contributed by atoms with van der Waals surface area (Å²) < 4.78 is 7.61. The van der Waals surface area contributed by atoms with Crippen molar-refractivity contribution in [2.24, 2.45) is 12.8 Å². The number of rotatable bonds is 4. The Kier molecular flexibility index (Phi) is 4.37. The zero-order valence-electron chi connectivity index (χ0n) is 11.5. The number of hydrogen-bond donors (Lipinski definition) is 1. The van der Waals surface area contributed by atoms with Crippen LogP contribution in [0.4, 0.5) is 0 Å². The zero-order chi connectivity index (χ0) is 13.1. The van der Waals surface area contributed by atoms with Crippen LogP contribution in [0.15, 0.2) is 12.3 Å². The third kappa shape index (κ3) is 3.31. The van der Waals surface area contributed by atoms with Crippen molar-refractivity contribution in [1.29, 1.82) is 0 Å². The first-order valence-corrected chi connectivity index (χ1v) is 6.66. The molecule has 0 spiro atoms. The summed E-state index contributed by atoms with van der Waals surface area (Å²) in [6, 6.07) is 2.59. The molecule has 5 heteroatoms. The molecule has 2 unspecified atom stereocenters. The maximum atomic E-state index is 6.25. The van der Waals surface area contributed by atoms with Crippen molar-refractivity contribution in [3.63, 3.8) is 0 Å². The molecular formula is C13H24N4O. The normalized spacial score (nSPS) is 23.5. The highest BCUT2D eigenvalue weighted by molar-refractivity contribution is 5.02. The van der Waals surface area contributed by atoms with E-state index in [0.717, 1.165) is 31.8 Å². The maximum Gasteiger partial charge on any atom is 0.0857 e. The van der Waals surface area contributed by atoms with Gasteiger partial charge in [0.15, 0.2) is 0 Å². The van der Waals surface area contributed by atoms with E-state index in [-0.39, 0.29) is 12.1 Å². The number of aryl methyl sites for hydroxylation is 1. The Balaban J connectivity index is 1.90. The quantitative estimate of drug-likeness (QED) is 0.843. The summed E-state index contributed by atoms with van der Waals surface area (Å²) in [4.78, 5) is 2.42. The van der Waals surface area contributed by atoms with Crippen LogP contribution in [0.3, 0.4) is 0 Å². The minimum atomic E-state index is 0.0152. The second-order valence-corrected chi connectivity index (χ2v) is 5.35. The Morgan fingerprint density at radius 2 is 2.33 bits per heavy atom. The van der Waals surface area contributed by atoms with Crippen molar-refractivity contribution in [2.75, 3.05) is 19.7 Å². The minimum Gasteiger partial charge on any atom is -0.374 e. The molecule has 5 nitrogen and oxygen atoms in total. The highest BCUT2D eigenvalue weighted by atomic mass is 16.5.